The highest BCUT2D eigenvalue weighted by molar-refractivity contribution is 6.07. The number of Topliss-reactive ketones (excluding diaryl/α,β-unsaturated/α-hetero) is 1. The van der Waals surface area contributed by atoms with Gasteiger partial charge in [-0.1, -0.05) is 12.1 Å². The molecule has 1 atom stereocenters. The SMILES string of the molecule is COc1ccc(N2C(=O)CC(c3ccc(N(C)C)cc3)C3=C2CCCC3=O)cc1. The highest BCUT2D eigenvalue weighted by Gasteiger charge is 2.39. The molecule has 4 rings (SSSR count). The van der Waals surface area contributed by atoms with Crippen LogP contribution < -0.4 is 14.5 Å². The normalized spacial score (nSPS) is 19.3. The summed E-state index contributed by atoms with van der Waals surface area (Å²) in [4.78, 5) is 29.9. The molecule has 0 bridgehead atoms. The zero-order valence-corrected chi connectivity index (χ0v) is 17.1. The van der Waals surface area contributed by atoms with Gasteiger partial charge in [0.2, 0.25) is 5.91 Å². The van der Waals surface area contributed by atoms with E-state index < -0.39 is 0 Å². The predicted octanol–water partition coefficient (Wildman–Crippen LogP) is 4.29. The standard InChI is InChI=1S/C24H26N2O3/c1-25(2)17-9-7-16(8-10-17)20-15-23(28)26(18-11-13-19(29-3)14-12-18)21-5-4-6-22(27)24(20)21/h7-14,20H,4-6,15H2,1-3H3. The van der Waals surface area contributed by atoms with Crippen molar-refractivity contribution in [3.63, 3.8) is 0 Å². The van der Waals surface area contributed by atoms with Gasteiger partial charge in [-0.3, -0.25) is 14.5 Å². The quantitative estimate of drug-likeness (QED) is 0.782. The Hall–Kier alpha value is -3.08. The smallest absolute Gasteiger partial charge is 0.232 e. The molecule has 5 heteroatoms. The van der Waals surface area contributed by atoms with Gasteiger partial charge in [0.05, 0.1) is 7.11 Å². The minimum Gasteiger partial charge on any atom is -0.497 e. The molecular formula is C24H26N2O3. The molecule has 0 saturated heterocycles. The van der Waals surface area contributed by atoms with Crippen molar-refractivity contribution in [1.29, 1.82) is 0 Å². The summed E-state index contributed by atoms with van der Waals surface area (Å²) in [5.41, 5.74) is 4.59. The molecule has 2 aromatic rings. The van der Waals surface area contributed by atoms with Gasteiger partial charge in [-0.25, -0.2) is 0 Å². The van der Waals surface area contributed by atoms with Crippen LogP contribution in [-0.2, 0) is 9.59 Å². The van der Waals surface area contributed by atoms with E-state index >= 15 is 0 Å². The molecule has 0 aromatic heterocycles. The third-order valence-electron chi connectivity index (χ3n) is 5.82. The topological polar surface area (TPSA) is 49.9 Å². The van der Waals surface area contributed by atoms with Gasteiger partial charge in [0.25, 0.3) is 0 Å². The van der Waals surface area contributed by atoms with E-state index in [4.69, 9.17) is 4.74 Å². The van der Waals surface area contributed by atoms with Crippen molar-refractivity contribution < 1.29 is 14.3 Å². The van der Waals surface area contributed by atoms with Gasteiger partial charge in [-0.2, -0.15) is 0 Å². The summed E-state index contributed by atoms with van der Waals surface area (Å²) in [6, 6.07) is 15.6. The minimum absolute atomic E-state index is 0.0327. The first-order chi connectivity index (χ1) is 14.0. The first-order valence-corrected chi connectivity index (χ1v) is 10.00. The van der Waals surface area contributed by atoms with E-state index in [1.54, 1.807) is 12.0 Å². The number of carbonyl (C=O) groups is 2. The highest BCUT2D eigenvalue weighted by Crippen LogP contribution is 2.43. The molecule has 1 aliphatic carbocycles. The molecule has 0 fully saturated rings. The third-order valence-corrected chi connectivity index (χ3v) is 5.82. The van der Waals surface area contributed by atoms with Crippen molar-refractivity contribution >= 4 is 23.1 Å². The van der Waals surface area contributed by atoms with E-state index in [0.29, 0.717) is 12.8 Å². The Morgan fingerprint density at radius 3 is 2.28 bits per heavy atom. The Morgan fingerprint density at radius 2 is 1.66 bits per heavy atom. The van der Waals surface area contributed by atoms with E-state index in [2.05, 4.69) is 0 Å². The summed E-state index contributed by atoms with van der Waals surface area (Å²) in [6.45, 7) is 0. The second-order valence-electron chi connectivity index (χ2n) is 7.81. The molecule has 0 radical (unpaired) electrons. The van der Waals surface area contributed by atoms with E-state index in [9.17, 15) is 9.59 Å². The van der Waals surface area contributed by atoms with Gasteiger partial charge < -0.3 is 9.64 Å². The Labute approximate surface area is 171 Å². The average molecular weight is 390 g/mol. The van der Waals surface area contributed by atoms with E-state index in [1.165, 1.54) is 0 Å². The van der Waals surface area contributed by atoms with Gasteiger partial charge >= 0.3 is 0 Å². The number of benzene rings is 2. The Morgan fingerprint density at radius 1 is 0.966 bits per heavy atom. The molecule has 0 saturated carbocycles. The number of hydrogen-bond acceptors (Lipinski definition) is 4. The molecule has 2 aliphatic rings. The lowest BCUT2D eigenvalue weighted by molar-refractivity contribution is -0.119. The van der Waals surface area contributed by atoms with Crippen LogP contribution in [0.25, 0.3) is 0 Å². The lowest BCUT2D eigenvalue weighted by atomic mass is 9.77. The summed E-state index contributed by atoms with van der Waals surface area (Å²) < 4.78 is 5.24. The molecular weight excluding hydrogens is 364 g/mol. The Kier molecular flexibility index (Phi) is 5.14. The number of carbonyl (C=O) groups excluding carboxylic acids is 2. The van der Waals surface area contributed by atoms with Crippen LogP contribution in [0.15, 0.2) is 59.8 Å². The zero-order valence-electron chi connectivity index (χ0n) is 17.1. The number of amides is 1. The van der Waals surface area contributed by atoms with Crippen molar-refractivity contribution in [3.8, 4) is 5.75 Å². The van der Waals surface area contributed by atoms with Crippen LogP contribution in [0.1, 0.15) is 37.2 Å². The molecule has 29 heavy (non-hydrogen) atoms. The maximum atomic E-state index is 13.2. The van der Waals surface area contributed by atoms with Crippen LogP contribution in [-0.4, -0.2) is 32.9 Å². The third kappa shape index (κ3) is 3.53. The monoisotopic (exact) mass is 390 g/mol. The zero-order chi connectivity index (χ0) is 20.5. The number of methoxy groups -OCH3 is 1. The average Bonchev–Trinajstić information content (AvgIpc) is 2.73. The fourth-order valence-electron chi connectivity index (χ4n) is 4.31. The largest absolute Gasteiger partial charge is 0.497 e. The fraction of sp³-hybridized carbons (Fsp3) is 0.333. The van der Waals surface area contributed by atoms with Crippen LogP contribution in [0.2, 0.25) is 0 Å². The van der Waals surface area contributed by atoms with Crippen molar-refractivity contribution in [3.05, 3.63) is 65.4 Å². The maximum absolute atomic E-state index is 13.2. The number of anilines is 2. The molecule has 1 aliphatic heterocycles. The van der Waals surface area contributed by atoms with Crippen molar-refractivity contribution in [2.75, 3.05) is 31.0 Å². The summed E-state index contributed by atoms with van der Waals surface area (Å²) in [5.74, 6) is 0.770. The number of ether oxygens (including phenoxy) is 1. The van der Waals surface area contributed by atoms with Crippen molar-refractivity contribution in [2.45, 2.75) is 31.6 Å². The van der Waals surface area contributed by atoms with Crippen LogP contribution in [0.5, 0.6) is 5.75 Å². The highest BCUT2D eigenvalue weighted by atomic mass is 16.5. The van der Waals surface area contributed by atoms with E-state index in [-0.39, 0.29) is 17.6 Å². The van der Waals surface area contributed by atoms with Crippen molar-refractivity contribution in [1.82, 2.24) is 0 Å². The molecule has 1 heterocycles. The van der Waals surface area contributed by atoms with E-state index in [0.717, 1.165) is 46.8 Å². The second-order valence-corrected chi connectivity index (χ2v) is 7.81. The van der Waals surface area contributed by atoms with Gasteiger partial charge in [-0.05, 0) is 54.8 Å². The first-order valence-electron chi connectivity index (χ1n) is 10.00. The van der Waals surface area contributed by atoms with Crippen molar-refractivity contribution in [2.24, 2.45) is 0 Å². The minimum atomic E-state index is -0.170. The predicted molar refractivity (Wildman–Crippen MR) is 114 cm³/mol. The summed E-state index contributed by atoms with van der Waals surface area (Å²) in [5, 5.41) is 0. The summed E-state index contributed by atoms with van der Waals surface area (Å²) in [6.07, 6.45) is 2.38. The molecule has 150 valence electrons. The maximum Gasteiger partial charge on any atom is 0.232 e. The van der Waals surface area contributed by atoms with Crippen LogP contribution in [0.4, 0.5) is 11.4 Å². The Balaban J connectivity index is 1.77. The summed E-state index contributed by atoms with van der Waals surface area (Å²) in [7, 11) is 5.61. The Bertz CT molecular complexity index is 959. The van der Waals surface area contributed by atoms with Crippen LogP contribution in [0.3, 0.4) is 0 Å². The van der Waals surface area contributed by atoms with E-state index in [1.807, 2.05) is 67.5 Å². The molecule has 5 nitrogen and oxygen atoms in total. The van der Waals surface area contributed by atoms with Gasteiger partial charge in [0.15, 0.2) is 5.78 Å². The number of nitrogens with zero attached hydrogens (tertiary/aromatic N) is 2. The van der Waals surface area contributed by atoms with Gasteiger partial charge in [-0.15, -0.1) is 0 Å². The van der Waals surface area contributed by atoms with Gasteiger partial charge in [0.1, 0.15) is 5.75 Å². The number of ketones is 1. The second kappa shape index (κ2) is 7.74. The molecule has 1 amide bonds. The van der Waals surface area contributed by atoms with Crippen LogP contribution in [0, 0.1) is 0 Å². The van der Waals surface area contributed by atoms with Crippen LogP contribution >= 0.6 is 0 Å². The lowest BCUT2D eigenvalue weighted by Crippen LogP contribution is -2.40. The molecule has 1 unspecified atom stereocenters. The summed E-state index contributed by atoms with van der Waals surface area (Å²) >= 11 is 0. The fourth-order valence-corrected chi connectivity index (χ4v) is 4.31. The number of rotatable bonds is 4. The molecule has 0 N–H and O–H groups in total. The number of hydrogen-bond donors (Lipinski definition) is 0. The molecule has 0 spiro atoms. The number of allylic oxidation sites excluding steroid dienone is 2. The van der Waals surface area contributed by atoms with Gasteiger partial charge in [0, 0.05) is 55.5 Å². The lowest BCUT2D eigenvalue weighted by Gasteiger charge is -2.38. The molecule has 2 aromatic carbocycles. The first kappa shape index (κ1) is 19.2.